The van der Waals surface area contributed by atoms with Gasteiger partial charge in [-0.05, 0) is 19.1 Å². The zero-order valence-electron chi connectivity index (χ0n) is 5.70. The number of nitrogens with zero attached hydrogens (tertiary/aromatic N) is 1. The third-order valence-electron chi connectivity index (χ3n) is 1.45. The molecule has 0 saturated heterocycles. The number of hydrogen-bond acceptors (Lipinski definition) is 3. The van der Waals surface area contributed by atoms with Gasteiger partial charge in [0.2, 0.25) is 0 Å². The largest absolute Gasteiger partial charge is 0.480 e. The van der Waals surface area contributed by atoms with Gasteiger partial charge in [-0.15, -0.1) is 11.8 Å². The summed E-state index contributed by atoms with van der Waals surface area (Å²) < 4.78 is 0. The van der Waals surface area contributed by atoms with Crippen molar-refractivity contribution in [3.8, 4) is 0 Å². The van der Waals surface area contributed by atoms with Crippen molar-refractivity contribution in [1.29, 1.82) is 0 Å². The molecule has 1 N–H and O–H groups in total. The van der Waals surface area contributed by atoms with Gasteiger partial charge >= 0.3 is 5.97 Å². The summed E-state index contributed by atoms with van der Waals surface area (Å²) in [5, 5.41) is 9.48. The molecule has 0 bridgehead atoms. The van der Waals surface area contributed by atoms with Gasteiger partial charge in [0.1, 0.15) is 6.04 Å². The smallest absolute Gasteiger partial charge is 0.328 e. The van der Waals surface area contributed by atoms with Crippen LogP contribution in [-0.4, -0.2) is 28.4 Å². The second-order valence-electron chi connectivity index (χ2n) is 2.12. The SMILES string of the molecule is CSC1=NC(C(=O)O)CC1. The fourth-order valence-corrected chi connectivity index (χ4v) is 1.45. The molecule has 1 aliphatic rings. The van der Waals surface area contributed by atoms with Crippen molar-refractivity contribution in [3.05, 3.63) is 0 Å². The van der Waals surface area contributed by atoms with E-state index >= 15 is 0 Å². The maximum Gasteiger partial charge on any atom is 0.328 e. The highest BCUT2D eigenvalue weighted by atomic mass is 32.2. The highest BCUT2D eigenvalue weighted by Crippen LogP contribution is 2.18. The molecule has 0 aromatic heterocycles. The van der Waals surface area contributed by atoms with Crippen LogP contribution in [0.15, 0.2) is 4.99 Å². The van der Waals surface area contributed by atoms with Gasteiger partial charge < -0.3 is 5.11 Å². The molecule has 4 heteroatoms. The summed E-state index contributed by atoms with van der Waals surface area (Å²) in [6.45, 7) is 0. The number of hydrogen-bond donors (Lipinski definition) is 1. The molecular weight excluding hydrogens is 150 g/mol. The van der Waals surface area contributed by atoms with Crippen LogP contribution in [0.25, 0.3) is 0 Å². The minimum Gasteiger partial charge on any atom is -0.480 e. The molecule has 1 heterocycles. The summed E-state index contributed by atoms with van der Waals surface area (Å²) in [6, 6.07) is -0.470. The van der Waals surface area contributed by atoms with Crippen LogP contribution in [0.1, 0.15) is 12.8 Å². The molecule has 1 unspecified atom stereocenters. The van der Waals surface area contributed by atoms with E-state index < -0.39 is 12.0 Å². The molecule has 0 aromatic rings. The number of aliphatic imine (C=N–C) groups is 1. The van der Waals surface area contributed by atoms with E-state index in [1.54, 1.807) is 11.8 Å². The maximum atomic E-state index is 10.3. The molecule has 1 atom stereocenters. The first-order chi connectivity index (χ1) is 4.74. The van der Waals surface area contributed by atoms with Crippen molar-refractivity contribution in [2.24, 2.45) is 4.99 Å². The molecule has 0 saturated carbocycles. The first kappa shape index (κ1) is 7.60. The summed E-state index contributed by atoms with van der Waals surface area (Å²) in [5.41, 5.74) is 0. The zero-order chi connectivity index (χ0) is 7.56. The van der Waals surface area contributed by atoms with E-state index in [0.717, 1.165) is 11.5 Å². The Morgan fingerprint density at radius 2 is 2.60 bits per heavy atom. The van der Waals surface area contributed by atoms with Crippen molar-refractivity contribution >= 4 is 22.8 Å². The Bertz CT molecular complexity index is 179. The molecule has 0 radical (unpaired) electrons. The van der Waals surface area contributed by atoms with E-state index in [0.29, 0.717) is 6.42 Å². The van der Waals surface area contributed by atoms with Gasteiger partial charge in [0, 0.05) is 0 Å². The molecular formula is C6H9NO2S. The lowest BCUT2D eigenvalue weighted by Crippen LogP contribution is -2.13. The minimum atomic E-state index is -0.802. The van der Waals surface area contributed by atoms with Crippen molar-refractivity contribution in [2.75, 3.05) is 6.26 Å². The average Bonchev–Trinajstić information content (AvgIpc) is 2.34. The lowest BCUT2D eigenvalue weighted by atomic mass is 10.2. The van der Waals surface area contributed by atoms with Crippen molar-refractivity contribution < 1.29 is 9.90 Å². The zero-order valence-corrected chi connectivity index (χ0v) is 6.52. The highest BCUT2D eigenvalue weighted by Gasteiger charge is 2.22. The third kappa shape index (κ3) is 1.50. The number of rotatable bonds is 1. The summed E-state index contributed by atoms with van der Waals surface area (Å²) in [5.74, 6) is -0.802. The Morgan fingerprint density at radius 1 is 1.90 bits per heavy atom. The predicted molar refractivity (Wildman–Crippen MR) is 41.6 cm³/mol. The maximum absolute atomic E-state index is 10.3. The lowest BCUT2D eigenvalue weighted by molar-refractivity contribution is -0.138. The average molecular weight is 159 g/mol. The van der Waals surface area contributed by atoms with Gasteiger partial charge in [-0.1, -0.05) is 0 Å². The van der Waals surface area contributed by atoms with Crippen LogP contribution in [0.4, 0.5) is 0 Å². The summed E-state index contributed by atoms with van der Waals surface area (Å²) in [7, 11) is 0. The summed E-state index contributed by atoms with van der Waals surface area (Å²) in [6.07, 6.45) is 3.42. The number of aliphatic carboxylic acids is 1. The first-order valence-corrected chi connectivity index (χ1v) is 4.30. The van der Waals surface area contributed by atoms with Crippen LogP contribution < -0.4 is 0 Å². The van der Waals surface area contributed by atoms with E-state index in [4.69, 9.17) is 5.11 Å². The lowest BCUT2D eigenvalue weighted by Gasteiger charge is -1.94. The second kappa shape index (κ2) is 3.05. The van der Waals surface area contributed by atoms with Gasteiger partial charge in [-0.2, -0.15) is 0 Å². The van der Waals surface area contributed by atoms with E-state index in [-0.39, 0.29) is 0 Å². The molecule has 0 spiro atoms. The second-order valence-corrected chi connectivity index (χ2v) is 3.00. The van der Waals surface area contributed by atoms with Gasteiger partial charge in [0.15, 0.2) is 0 Å². The number of thioether (sulfide) groups is 1. The molecule has 0 amide bonds. The summed E-state index contributed by atoms with van der Waals surface area (Å²) in [4.78, 5) is 14.3. The summed E-state index contributed by atoms with van der Waals surface area (Å²) >= 11 is 1.54. The topological polar surface area (TPSA) is 49.7 Å². The van der Waals surface area contributed by atoms with Crippen molar-refractivity contribution in [3.63, 3.8) is 0 Å². The van der Waals surface area contributed by atoms with Crippen LogP contribution in [-0.2, 0) is 4.79 Å². The molecule has 56 valence electrons. The quantitative estimate of drug-likeness (QED) is 0.620. The van der Waals surface area contributed by atoms with E-state index in [2.05, 4.69) is 4.99 Å². The van der Waals surface area contributed by atoms with E-state index in [1.165, 1.54) is 0 Å². The molecule has 10 heavy (non-hydrogen) atoms. The van der Waals surface area contributed by atoms with Crippen LogP contribution in [0.3, 0.4) is 0 Å². The Balaban J connectivity index is 2.55. The van der Waals surface area contributed by atoms with Crippen molar-refractivity contribution in [2.45, 2.75) is 18.9 Å². The normalized spacial score (nSPS) is 24.5. The number of carbonyl (C=O) groups is 1. The van der Waals surface area contributed by atoms with Crippen LogP contribution in [0, 0.1) is 0 Å². The van der Waals surface area contributed by atoms with Gasteiger partial charge in [0.25, 0.3) is 0 Å². The molecule has 1 rings (SSSR count). The highest BCUT2D eigenvalue weighted by molar-refractivity contribution is 8.13. The number of carboxylic acid groups (broad SMARTS) is 1. The first-order valence-electron chi connectivity index (χ1n) is 3.07. The fourth-order valence-electron chi connectivity index (χ4n) is 0.897. The van der Waals surface area contributed by atoms with Crippen LogP contribution in [0.2, 0.25) is 0 Å². The Kier molecular flexibility index (Phi) is 2.32. The Labute approximate surface area is 63.5 Å². The third-order valence-corrected chi connectivity index (χ3v) is 2.23. The Hall–Kier alpha value is -0.510. The standard InChI is InChI=1S/C6H9NO2S/c1-10-5-3-2-4(7-5)6(8)9/h4H,2-3H2,1H3,(H,8,9). The molecule has 3 nitrogen and oxygen atoms in total. The van der Waals surface area contributed by atoms with Gasteiger partial charge in [-0.25, -0.2) is 4.79 Å². The van der Waals surface area contributed by atoms with E-state index in [1.807, 2.05) is 6.26 Å². The molecule has 0 aliphatic carbocycles. The number of carboxylic acids is 1. The molecule has 1 aliphatic heterocycles. The van der Waals surface area contributed by atoms with Gasteiger partial charge in [-0.3, -0.25) is 4.99 Å². The minimum absolute atomic E-state index is 0.470. The van der Waals surface area contributed by atoms with Crippen molar-refractivity contribution in [1.82, 2.24) is 0 Å². The van der Waals surface area contributed by atoms with Crippen LogP contribution in [0.5, 0.6) is 0 Å². The monoisotopic (exact) mass is 159 g/mol. The van der Waals surface area contributed by atoms with Gasteiger partial charge in [0.05, 0.1) is 5.04 Å². The molecule has 0 fully saturated rings. The van der Waals surface area contributed by atoms with Crippen LogP contribution >= 0.6 is 11.8 Å². The molecule has 0 aromatic carbocycles. The van der Waals surface area contributed by atoms with E-state index in [9.17, 15) is 4.79 Å². The Morgan fingerprint density at radius 3 is 2.90 bits per heavy atom. The fraction of sp³-hybridized carbons (Fsp3) is 0.667. The predicted octanol–water partition coefficient (Wildman–Crippen LogP) is 0.995.